The molecule has 3 nitrogen and oxygen atoms in total. The largest absolute Gasteiger partial charge is 0.395 e. The van der Waals surface area contributed by atoms with Crippen molar-refractivity contribution < 1.29 is 9.90 Å². The van der Waals surface area contributed by atoms with Gasteiger partial charge in [0.05, 0.1) is 6.61 Å². The molecule has 14 heavy (non-hydrogen) atoms. The predicted octanol–water partition coefficient (Wildman–Crippen LogP) is 1.48. The summed E-state index contributed by atoms with van der Waals surface area (Å²) in [6.45, 7) is 2.16. The third kappa shape index (κ3) is 3.12. The molecule has 0 aromatic heterocycles. The van der Waals surface area contributed by atoms with Crippen LogP contribution in [-0.2, 0) is 0 Å². The summed E-state index contributed by atoms with van der Waals surface area (Å²) in [5.41, 5.74) is 1.62. The Balaban J connectivity index is 2.79. The standard InChI is InChI=1S/C10H12BrNO2/c1-7-4-8(6-9(11)5-7)10(14)12-2-3-13/h4-6,13H,2-3H2,1H3,(H,12,14). The van der Waals surface area contributed by atoms with Crippen LogP contribution in [0.15, 0.2) is 22.7 Å². The fraction of sp³-hybridized carbons (Fsp3) is 0.300. The Bertz CT molecular complexity index is 319. The Morgan fingerprint density at radius 2 is 2.21 bits per heavy atom. The van der Waals surface area contributed by atoms with Crippen molar-refractivity contribution in [2.24, 2.45) is 0 Å². The molecule has 1 aromatic rings. The molecule has 0 fully saturated rings. The molecular formula is C10H12BrNO2. The lowest BCUT2D eigenvalue weighted by Gasteiger charge is -2.04. The average Bonchev–Trinajstić information content (AvgIpc) is 2.12. The fourth-order valence-corrected chi connectivity index (χ4v) is 1.75. The number of amides is 1. The van der Waals surface area contributed by atoms with E-state index in [1.807, 2.05) is 13.0 Å². The van der Waals surface area contributed by atoms with Gasteiger partial charge in [0.25, 0.3) is 5.91 Å². The Hall–Kier alpha value is -0.870. The van der Waals surface area contributed by atoms with E-state index in [1.54, 1.807) is 12.1 Å². The lowest BCUT2D eigenvalue weighted by atomic mass is 10.1. The first-order valence-corrected chi connectivity index (χ1v) is 5.09. The van der Waals surface area contributed by atoms with Crippen LogP contribution in [0.2, 0.25) is 0 Å². The third-order valence-corrected chi connectivity index (χ3v) is 2.16. The molecule has 0 aliphatic heterocycles. The van der Waals surface area contributed by atoms with Crippen LogP contribution in [0.4, 0.5) is 0 Å². The van der Waals surface area contributed by atoms with Gasteiger partial charge in [-0.15, -0.1) is 0 Å². The first-order valence-electron chi connectivity index (χ1n) is 4.29. The average molecular weight is 258 g/mol. The summed E-state index contributed by atoms with van der Waals surface area (Å²) >= 11 is 3.32. The molecule has 1 aromatic carbocycles. The van der Waals surface area contributed by atoms with Gasteiger partial charge in [-0.1, -0.05) is 15.9 Å². The van der Waals surface area contributed by atoms with Gasteiger partial charge in [0.1, 0.15) is 0 Å². The smallest absolute Gasteiger partial charge is 0.251 e. The number of benzene rings is 1. The van der Waals surface area contributed by atoms with E-state index in [-0.39, 0.29) is 19.1 Å². The molecule has 1 amide bonds. The van der Waals surface area contributed by atoms with E-state index in [0.717, 1.165) is 10.0 Å². The molecule has 4 heteroatoms. The van der Waals surface area contributed by atoms with E-state index in [1.165, 1.54) is 0 Å². The van der Waals surface area contributed by atoms with Crippen LogP contribution in [0.5, 0.6) is 0 Å². The monoisotopic (exact) mass is 257 g/mol. The maximum Gasteiger partial charge on any atom is 0.251 e. The molecule has 0 atom stereocenters. The second-order valence-corrected chi connectivity index (χ2v) is 3.91. The molecule has 2 N–H and O–H groups in total. The first kappa shape index (κ1) is 11.2. The highest BCUT2D eigenvalue weighted by Gasteiger charge is 2.05. The van der Waals surface area contributed by atoms with Crippen molar-refractivity contribution in [3.8, 4) is 0 Å². The van der Waals surface area contributed by atoms with Crippen molar-refractivity contribution in [3.63, 3.8) is 0 Å². The number of aryl methyl sites for hydroxylation is 1. The Kier molecular flexibility index (Phi) is 4.10. The summed E-state index contributed by atoms with van der Waals surface area (Å²) in [7, 11) is 0. The maximum absolute atomic E-state index is 11.5. The van der Waals surface area contributed by atoms with E-state index in [2.05, 4.69) is 21.2 Å². The Labute approximate surface area is 91.3 Å². The number of halogens is 1. The predicted molar refractivity (Wildman–Crippen MR) is 58.3 cm³/mol. The second-order valence-electron chi connectivity index (χ2n) is 3.00. The van der Waals surface area contributed by atoms with Crippen LogP contribution >= 0.6 is 15.9 Å². The van der Waals surface area contributed by atoms with Gasteiger partial charge in [-0.2, -0.15) is 0 Å². The number of hydrogen-bond donors (Lipinski definition) is 2. The second kappa shape index (κ2) is 5.12. The zero-order valence-corrected chi connectivity index (χ0v) is 9.47. The Morgan fingerprint density at radius 1 is 1.50 bits per heavy atom. The van der Waals surface area contributed by atoms with Gasteiger partial charge in [0, 0.05) is 16.6 Å². The van der Waals surface area contributed by atoms with E-state index in [9.17, 15) is 4.79 Å². The number of carbonyl (C=O) groups is 1. The lowest BCUT2D eigenvalue weighted by Crippen LogP contribution is -2.26. The van der Waals surface area contributed by atoms with Crippen LogP contribution in [-0.4, -0.2) is 24.2 Å². The minimum Gasteiger partial charge on any atom is -0.395 e. The topological polar surface area (TPSA) is 49.3 Å². The van der Waals surface area contributed by atoms with Crippen LogP contribution in [0.3, 0.4) is 0 Å². The van der Waals surface area contributed by atoms with E-state index in [4.69, 9.17) is 5.11 Å². The van der Waals surface area contributed by atoms with Crippen molar-refractivity contribution >= 4 is 21.8 Å². The SMILES string of the molecule is Cc1cc(Br)cc(C(=O)NCCO)c1. The highest BCUT2D eigenvalue weighted by atomic mass is 79.9. The molecule has 1 rings (SSSR count). The molecule has 0 saturated heterocycles. The van der Waals surface area contributed by atoms with E-state index in [0.29, 0.717) is 5.56 Å². The number of aliphatic hydroxyl groups excluding tert-OH is 1. The van der Waals surface area contributed by atoms with Crippen molar-refractivity contribution in [1.29, 1.82) is 0 Å². The number of hydrogen-bond acceptors (Lipinski definition) is 2. The Morgan fingerprint density at radius 3 is 2.79 bits per heavy atom. The minimum absolute atomic E-state index is 0.0429. The fourth-order valence-electron chi connectivity index (χ4n) is 1.14. The van der Waals surface area contributed by atoms with Gasteiger partial charge >= 0.3 is 0 Å². The van der Waals surface area contributed by atoms with Crippen LogP contribution in [0.25, 0.3) is 0 Å². The molecule has 0 saturated carbocycles. The van der Waals surface area contributed by atoms with Gasteiger partial charge in [-0.3, -0.25) is 4.79 Å². The van der Waals surface area contributed by atoms with Gasteiger partial charge in [0.2, 0.25) is 0 Å². The molecule has 0 radical (unpaired) electrons. The lowest BCUT2D eigenvalue weighted by molar-refractivity contribution is 0.0944. The highest BCUT2D eigenvalue weighted by Crippen LogP contribution is 2.15. The molecule has 0 aliphatic carbocycles. The molecule has 0 bridgehead atoms. The highest BCUT2D eigenvalue weighted by molar-refractivity contribution is 9.10. The van der Waals surface area contributed by atoms with Crippen molar-refractivity contribution in [3.05, 3.63) is 33.8 Å². The minimum atomic E-state index is -0.163. The molecule has 0 spiro atoms. The maximum atomic E-state index is 11.5. The first-order chi connectivity index (χ1) is 6.63. The summed E-state index contributed by atoms with van der Waals surface area (Å²) in [5.74, 6) is -0.163. The summed E-state index contributed by atoms with van der Waals surface area (Å²) in [4.78, 5) is 11.5. The zero-order valence-electron chi connectivity index (χ0n) is 7.88. The molecule has 0 heterocycles. The van der Waals surface area contributed by atoms with Crippen molar-refractivity contribution in [2.75, 3.05) is 13.2 Å². The molecule has 0 aliphatic rings. The van der Waals surface area contributed by atoms with Gasteiger partial charge in [-0.05, 0) is 30.7 Å². The molecule has 0 unspecified atom stereocenters. The van der Waals surface area contributed by atoms with Gasteiger partial charge in [-0.25, -0.2) is 0 Å². The number of nitrogens with one attached hydrogen (secondary N) is 1. The zero-order chi connectivity index (χ0) is 10.6. The number of rotatable bonds is 3. The normalized spacial score (nSPS) is 9.93. The summed E-state index contributed by atoms with van der Waals surface area (Å²) in [6, 6.07) is 5.49. The van der Waals surface area contributed by atoms with Gasteiger partial charge < -0.3 is 10.4 Å². The summed E-state index contributed by atoms with van der Waals surface area (Å²) in [6.07, 6.45) is 0. The van der Waals surface area contributed by atoms with Crippen LogP contribution < -0.4 is 5.32 Å². The van der Waals surface area contributed by atoms with Crippen molar-refractivity contribution in [1.82, 2.24) is 5.32 Å². The summed E-state index contributed by atoms with van der Waals surface area (Å²) < 4.78 is 0.881. The number of carbonyl (C=O) groups excluding carboxylic acids is 1. The summed E-state index contributed by atoms with van der Waals surface area (Å²) in [5, 5.41) is 11.1. The van der Waals surface area contributed by atoms with Crippen molar-refractivity contribution in [2.45, 2.75) is 6.92 Å². The van der Waals surface area contributed by atoms with E-state index < -0.39 is 0 Å². The quantitative estimate of drug-likeness (QED) is 0.862. The third-order valence-electron chi connectivity index (χ3n) is 1.70. The van der Waals surface area contributed by atoms with Gasteiger partial charge in [0.15, 0.2) is 0 Å². The van der Waals surface area contributed by atoms with E-state index >= 15 is 0 Å². The van der Waals surface area contributed by atoms with Crippen LogP contribution in [0, 0.1) is 6.92 Å². The number of aliphatic hydroxyl groups is 1. The molecule has 76 valence electrons. The van der Waals surface area contributed by atoms with Crippen LogP contribution in [0.1, 0.15) is 15.9 Å². The molecular weight excluding hydrogens is 246 g/mol.